The van der Waals surface area contributed by atoms with Gasteiger partial charge in [0, 0.05) is 20.1 Å². The Morgan fingerprint density at radius 3 is 2.10 bits per heavy atom. The second-order valence-electron chi connectivity index (χ2n) is 6.65. The molecule has 0 aliphatic rings. The van der Waals surface area contributed by atoms with Gasteiger partial charge in [-0.3, -0.25) is 4.79 Å². The summed E-state index contributed by atoms with van der Waals surface area (Å²) in [6.45, 7) is 5.53. The first-order valence-corrected chi connectivity index (χ1v) is 10.8. The van der Waals surface area contributed by atoms with Crippen molar-refractivity contribution in [3.8, 4) is 0 Å². The fourth-order valence-electron chi connectivity index (χ4n) is 3.07. The molecule has 0 aromatic heterocycles. The number of carbonyl (C=O) groups excluding carboxylic acids is 1. The van der Waals surface area contributed by atoms with E-state index < -0.39 is 11.9 Å². The highest BCUT2D eigenvalue weighted by atomic mass is 35.5. The molecular weight excluding hydrogens is 470 g/mol. The molecule has 0 fully saturated rings. The second kappa shape index (κ2) is 11.4. The summed E-state index contributed by atoms with van der Waals surface area (Å²) >= 11 is 25.1. The van der Waals surface area contributed by atoms with Crippen molar-refractivity contribution in [1.29, 1.82) is 0 Å². The van der Waals surface area contributed by atoms with Crippen molar-refractivity contribution in [2.45, 2.75) is 38.9 Å². The van der Waals surface area contributed by atoms with Gasteiger partial charge in [0.25, 0.3) is 0 Å². The molecule has 1 unspecified atom stereocenters. The Balaban J connectivity index is 2.31. The summed E-state index contributed by atoms with van der Waals surface area (Å²) < 4.78 is 5.23. The summed E-state index contributed by atoms with van der Waals surface area (Å²) in [5, 5.41) is 20.1. The summed E-state index contributed by atoms with van der Waals surface area (Å²) in [7, 11) is 0. The molecule has 2 rings (SSSR count). The molecule has 0 bridgehead atoms. The van der Waals surface area contributed by atoms with E-state index in [1.165, 1.54) is 0 Å². The highest BCUT2D eigenvalue weighted by Gasteiger charge is 2.26. The van der Waals surface area contributed by atoms with Crippen LogP contribution in [0.15, 0.2) is 30.8 Å². The van der Waals surface area contributed by atoms with Gasteiger partial charge in [0.15, 0.2) is 0 Å². The summed E-state index contributed by atoms with van der Waals surface area (Å²) in [5.41, 5.74) is 2.83. The van der Waals surface area contributed by atoms with E-state index in [1.54, 1.807) is 31.2 Å². The van der Waals surface area contributed by atoms with Gasteiger partial charge in [-0.1, -0.05) is 53.0 Å². The predicted molar refractivity (Wildman–Crippen MR) is 122 cm³/mol. The van der Waals surface area contributed by atoms with E-state index in [2.05, 4.69) is 6.58 Å². The van der Waals surface area contributed by atoms with Crippen LogP contribution in [0.2, 0.25) is 20.1 Å². The molecule has 2 aromatic rings. The molecule has 0 aliphatic carbocycles. The molecule has 0 spiro atoms. The lowest BCUT2D eigenvalue weighted by molar-refractivity contribution is -0.145. The minimum atomic E-state index is -0.676. The SMILES string of the molecule is C=C(CCC(C(=O)OCC)c1cc(Cl)c(CO)cc1Cl)c1cc(Cl)c(CO)cc1Cl. The van der Waals surface area contributed by atoms with E-state index in [0.717, 1.165) is 0 Å². The summed E-state index contributed by atoms with van der Waals surface area (Å²) in [4.78, 5) is 12.6. The monoisotopic (exact) mass is 490 g/mol. The number of aliphatic hydroxyl groups is 2. The molecule has 1 atom stereocenters. The normalized spacial score (nSPS) is 12.0. The molecule has 0 amide bonds. The summed E-state index contributed by atoms with van der Waals surface area (Å²) in [5.74, 6) is -1.11. The number of hydrogen-bond acceptors (Lipinski definition) is 4. The summed E-state index contributed by atoms with van der Waals surface area (Å²) in [6.07, 6.45) is 0.760. The number of allylic oxidation sites excluding steroid dienone is 1. The predicted octanol–water partition coefficient (Wildman–Crippen LogP) is 6.43. The zero-order valence-corrected chi connectivity index (χ0v) is 19.4. The molecule has 8 heteroatoms. The fourth-order valence-corrected chi connectivity index (χ4v) is 4.16. The third kappa shape index (κ3) is 5.91. The van der Waals surface area contributed by atoms with Crippen LogP contribution in [0.1, 0.15) is 47.9 Å². The van der Waals surface area contributed by atoms with Crippen LogP contribution in [0.25, 0.3) is 5.57 Å². The lowest BCUT2D eigenvalue weighted by atomic mass is 9.90. The van der Waals surface area contributed by atoms with Crippen molar-refractivity contribution in [2.24, 2.45) is 0 Å². The first kappa shape index (κ1) is 25.0. The van der Waals surface area contributed by atoms with Crippen molar-refractivity contribution in [1.82, 2.24) is 0 Å². The number of benzene rings is 2. The number of esters is 1. The van der Waals surface area contributed by atoms with Gasteiger partial charge < -0.3 is 14.9 Å². The number of ether oxygens (including phenoxy) is 1. The first-order chi connectivity index (χ1) is 14.2. The second-order valence-corrected chi connectivity index (χ2v) is 8.28. The Morgan fingerprint density at radius 1 is 0.967 bits per heavy atom. The van der Waals surface area contributed by atoms with Crippen LogP contribution in [-0.4, -0.2) is 22.8 Å². The van der Waals surface area contributed by atoms with Crippen molar-refractivity contribution in [3.05, 3.63) is 73.2 Å². The topological polar surface area (TPSA) is 66.8 Å². The zero-order valence-electron chi connectivity index (χ0n) is 16.4. The Labute approximate surface area is 196 Å². The van der Waals surface area contributed by atoms with Crippen LogP contribution in [-0.2, 0) is 22.7 Å². The maximum Gasteiger partial charge on any atom is 0.313 e. The molecule has 0 aliphatic heterocycles. The summed E-state index contributed by atoms with van der Waals surface area (Å²) in [6, 6.07) is 6.37. The lowest BCUT2D eigenvalue weighted by Crippen LogP contribution is -2.17. The molecule has 0 heterocycles. The van der Waals surface area contributed by atoms with E-state index in [-0.39, 0.29) is 19.8 Å². The van der Waals surface area contributed by atoms with Crippen molar-refractivity contribution in [3.63, 3.8) is 0 Å². The van der Waals surface area contributed by atoms with Crippen LogP contribution in [0.3, 0.4) is 0 Å². The van der Waals surface area contributed by atoms with Gasteiger partial charge in [-0.25, -0.2) is 0 Å². The number of rotatable bonds is 9. The van der Waals surface area contributed by atoms with Crippen LogP contribution < -0.4 is 0 Å². The fraction of sp³-hybridized carbons (Fsp3) is 0.318. The maximum atomic E-state index is 12.6. The lowest BCUT2D eigenvalue weighted by Gasteiger charge is -2.19. The van der Waals surface area contributed by atoms with Crippen molar-refractivity contribution >= 4 is 57.9 Å². The standard InChI is InChI=1S/C22H22Cl4O4/c1-3-30-22(29)15(17-9-19(24)14(11-28)7-21(17)26)5-4-12(2)16-8-18(23)13(10-27)6-20(16)25/h6-9,15,27-28H,2-5,10-11H2,1H3. The Morgan fingerprint density at radius 2 is 1.53 bits per heavy atom. The van der Waals surface area contributed by atoms with E-state index in [9.17, 15) is 15.0 Å². The molecule has 4 nitrogen and oxygen atoms in total. The Kier molecular flexibility index (Phi) is 9.48. The number of hydrogen-bond donors (Lipinski definition) is 2. The van der Waals surface area contributed by atoms with Gasteiger partial charge >= 0.3 is 5.97 Å². The highest BCUT2D eigenvalue weighted by Crippen LogP contribution is 2.37. The minimum absolute atomic E-state index is 0.223. The maximum absolute atomic E-state index is 12.6. The molecule has 2 aromatic carbocycles. The van der Waals surface area contributed by atoms with Crippen LogP contribution in [0.4, 0.5) is 0 Å². The van der Waals surface area contributed by atoms with Crippen LogP contribution in [0, 0.1) is 0 Å². The van der Waals surface area contributed by atoms with E-state index in [4.69, 9.17) is 51.1 Å². The van der Waals surface area contributed by atoms with Gasteiger partial charge in [-0.15, -0.1) is 0 Å². The molecule has 30 heavy (non-hydrogen) atoms. The number of carbonyl (C=O) groups is 1. The van der Waals surface area contributed by atoms with Gasteiger partial charge in [0.05, 0.1) is 25.7 Å². The van der Waals surface area contributed by atoms with Gasteiger partial charge in [0.2, 0.25) is 0 Å². The molecule has 0 saturated carbocycles. The average molecular weight is 492 g/mol. The number of aliphatic hydroxyl groups excluding tert-OH is 2. The molecule has 2 N–H and O–H groups in total. The van der Waals surface area contributed by atoms with E-state index >= 15 is 0 Å². The Bertz CT molecular complexity index is 943. The van der Waals surface area contributed by atoms with Crippen molar-refractivity contribution < 1.29 is 19.7 Å². The average Bonchev–Trinajstić information content (AvgIpc) is 2.71. The van der Waals surface area contributed by atoms with Crippen LogP contribution in [0.5, 0.6) is 0 Å². The quantitative estimate of drug-likeness (QED) is 0.397. The molecule has 0 radical (unpaired) electrons. The molecule has 0 saturated heterocycles. The van der Waals surface area contributed by atoms with Crippen LogP contribution >= 0.6 is 46.4 Å². The third-order valence-electron chi connectivity index (χ3n) is 4.70. The van der Waals surface area contributed by atoms with E-state index in [1.807, 2.05) is 0 Å². The molecule has 162 valence electrons. The number of halogens is 4. The van der Waals surface area contributed by atoms with E-state index in [0.29, 0.717) is 60.8 Å². The largest absolute Gasteiger partial charge is 0.466 e. The smallest absolute Gasteiger partial charge is 0.313 e. The van der Waals surface area contributed by atoms with Crippen molar-refractivity contribution in [2.75, 3.05) is 6.61 Å². The van der Waals surface area contributed by atoms with Gasteiger partial charge in [0.1, 0.15) is 0 Å². The van der Waals surface area contributed by atoms with Gasteiger partial charge in [-0.05, 0) is 71.9 Å². The first-order valence-electron chi connectivity index (χ1n) is 9.25. The molecular formula is C22H22Cl4O4. The highest BCUT2D eigenvalue weighted by molar-refractivity contribution is 6.35. The zero-order chi connectivity index (χ0) is 22.4. The Hall–Kier alpha value is -1.27. The minimum Gasteiger partial charge on any atom is -0.466 e. The third-order valence-corrected chi connectivity index (χ3v) is 6.05. The van der Waals surface area contributed by atoms with Gasteiger partial charge in [-0.2, -0.15) is 0 Å².